The van der Waals surface area contributed by atoms with Crippen LogP contribution in [0.4, 0.5) is 0 Å². The van der Waals surface area contributed by atoms with Crippen LogP contribution < -0.4 is 0 Å². The summed E-state index contributed by atoms with van der Waals surface area (Å²) in [6, 6.07) is 7.70. The number of carboxylic acid groups (broad SMARTS) is 1. The smallest absolute Gasteiger partial charge is 0.358 e. The van der Waals surface area contributed by atoms with Gasteiger partial charge in [-0.25, -0.2) is 9.48 Å². The Balaban J connectivity index is 2.10. The van der Waals surface area contributed by atoms with Crippen molar-refractivity contribution in [2.45, 2.75) is 25.9 Å². The average Bonchev–Trinajstić information content (AvgIpc) is 3.08. The normalized spacial score (nSPS) is 18.4. The number of hydrogen-bond donors (Lipinski definition) is 1. The lowest BCUT2D eigenvalue weighted by Gasteiger charge is -2.12. The zero-order valence-corrected chi connectivity index (χ0v) is 11.1. The monoisotopic (exact) mass is 273 g/mol. The molecule has 3 rings (SSSR count). The maximum Gasteiger partial charge on any atom is 0.358 e. The van der Waals surface area contributed by atoms with Crippen molar-refractivity contribution >= 4 is 5.97 Å². The average molecular weight is 273 g/mol. The second-order valence-corrected chi connectivity index (χ2v) is 4.88. The molecule has 1 aromatic heterocycles. The lowest BCUT2D eigenvalue weighted by molar-refractivity contribution is 0.0673. The largest absolute Gasteiger partial charge is 0.476 e. The summed E-state index contributed by atoms with van der Waals surface area (Å²) >= 11 is 0. The lowest BCUT2D eigenvalue weighted by Crippen LogP contribution is -2.11. The SMILES string of the molecule is Cc1ccc(-n2nnc(C(=O)O)c2[C@@H]2CCCO2)cc1. The van der Waals surface area contributed by atoms with Crippen molar-refractivity contribution in [1.29, 1.82) is 0 Å². The summed E-state index contributed by atoms with van der Waals surface area (Å²) in [4.78, 5) is 11.3. The van der Waals surface area contributed by atoms with Crippen molar-refractivity contribution in [2.24, 2.45) is 0 Å². The number of aromatic nitrogens is 3. The van der Waals surface area contributed by atoms with Crippen LogP contribution in [0.15, 0.2) is 24.3 Å². The van der Waals surface area contributed by atoms with E-state index < -0.39 is 5.97 Å². The number of carboxylic acids is 1. The summed E-state index contributed by atoms with van der Waals surface area (Å²) < 4.78 is 7.18. The summed E-state index contributed by atoms with van der Waals surface area (Å²) in [5.41, 5.74) is 2.42. The highest BCUT2D eigenvalue weighted by molar-refractivity contribution is 5.86. The molecule has 1 N–H and O–H groups in total. The molecule has 0 amide bonds. The first-order chi connectivity index (χ1) is 9.66. The fraction of sp³-hybridized carbons (Fsp3) is 0.357. The van der Waals surface area contributed by atoms with E-state index >= 15 is 0 Å². The molecule has 1 aliphatic rings. The molecule has 20 heavy (non-hydrogen) atoms. The van der Waals surface area contributed by atoms with Gasteiger partial charge in [0.15, 0.2) is 5.69 Å². The third-order valence-electron chi connectivity index (χ3n) is 3.42. The van der Waals surface area contributed by atoms with E-state index in [0.717, 1.165) is 24.1 Å². The Morgan fingerprint density at radius 2 is 2.15 bits per heavy atom. The summed E-state index contributed by atoms with van der Waals surface area (Å²) in [5, 5.41) is 17.0. The van der Waals surface area contributed by atoms with Crippen molar-refractivity contribution in [3.8, 4) is 5.69 Å². The zero-order chi connectivity index (χ0) is 14.1. The summed E-state index contributed by atoms with van der Waals surface area (Å²) in [7, 11) is 0. The first-order valence-electron chi connectivity index (χ1n) is 6.54. The topological polar surface area (TPSA) is 77.2 Å². The zero-order valence-electron chi connectivity index (χ0n) is 11.1. The van der Waals surface area contributed by atoms with Crippen LogP contribution in [0.3, 0.4) is 0 Å². The standard InChI is InChI=1S/C14H15N3O3/c1-9-4-6-10(7-5-9)17-13(11-3-2-8-20-11)12(14(18)19)15-16-17/h4-7,11H,2-3,8H2,1H3,(H,18,19)/t11-/m0/s1. The number of benzene rings is 1. The van der Waals surface area contributed by atoms with E-state index in [9.17, 15) is 9.90 Å². The number of aryl methyl sites for hydroxylation is 1. The van der Waals surface area contributed by atoms with Crippen LogP contribution in [0.2, 0.25) is 0 Å². The minimum atomic E-state index is -1.08. The molecular weight excluding hydrogens is 258 g/mol. The Morgan fingerprint density at radius 1 is 1.40 bits per heavy atom. The van der Waals surface area contributed by atoms with Crippen LogP contribution in [-0.4, -0.2) is 32.7 Å². The van der Waals surface area contributed by atoms with Gasteiger partial charge in [0.1, 0.15) is 11.8 Å². The van der Waals surface area contributed by atoms with Crippen molar-refractivity contribution in [2.75, 3.05) is 6.61 Å². The van der Waals surface area contributed by atoms with E-state index in [1.54, 1.807) is 4.68 Å². The van der Waals surface area contributed by atoms with Crippen molar-refractivity contribution < 1.29 is 14.6 Å². The predicted molar refractivity (Wildman–Crippen MR) is 71.0 cm³/mol. The predicted octanol–water partition coefficient (Wildman–Crippen LogP) is 2.13. The van der Waals surface area contributed by atoms with Gasteiger partial charge in [-0.05, 0) is 31.9 Å². The first kappa shape index (κ1) is 12.8. The molecule has 0 spiro atoms. The van der Waals surface area contributed by atoms with Gasteiger partial charge in [-0.2, -0.15) is 0 Å². The lowest BCUT2D eigenvalue weighted by atomic mass is 10.1. The molecule has 1 aliphatic heterocycles. The molecule has 1 atom stereocenters. The highest BCUT2D eigenvalue weighted by atomic mass is 16.5. The molecule has 1 aromatic carbocycles. The fourth-order valence-electron chi connectivity index (χ4n) is 2.40. The van der Waals surface area contributed by atoms with Crippen LogP contribution >= 0.6 is 0 Å². The maximum atomic E-state index is 11.3. The molecule has 0 unspecified atom stereocenters. The Morgan fingerprint density at radius 3 is 2.75 bits per heavy atom. The van der Waals surface area contributed by atoms with Gasteiger partial charge in [-0.15, -0.1) is 5.10 Å². The van der Waals surface area contributed by atoms with E-state index in [-0.39, 0.29) is 11.8 Å². The van der Waals surface area contributed by atoms with Gasteiger partial charge in [0.2, 0.25) is 0 Å². The molecule has 2 heterocycles. The summed E-state index contributed by atoms with van der Waals surface area (Å²) in [5.74, 6) is -1.08. The van der Waals surface area contributed by atoms with Gasteiger partial charge in [0, 0.05) is 6.61 Å². The second kappa shape index (κ2) is 5.05. The Bertz CT molecular complexity index is 628. The Hall–Kier alpha value is -2.21. The molecule has 104 valence electrons. The van der Waals surface area contributed by atoms with Gasteiger partial charge < -0.3 is 9.84 Å². The third kappa shape index (κ3) is 2.18. The van der Waals surface area contributed by atoms with Gasteiger partial charge in [0.05, 0.1) is 5.69 Å². The van der Waals surface area contributed by atoms with Crippen LogP contribution in [0, 0.1) is 6.92 Å². The van der Waals surface area contributed by atoms with Crippen LogP contribution in [0.25, 0.3) is 5.69 Å². The van der Waals surface area contributed by atoms with Gasteiger partial charge in [-0.1, -0.05) is 22.9 Å². The van der Waals surface area contributed by atoms with E-state index in [1.807, 2.05) is 31.2 Å². The molecule has 0 saturated carbocycles. The molecule has 1 fully saturated rings. The quantitative estimate of drug-likeness (QED) is 0.926. The highest BCUT2D eigenvalue weighted by Gasteiger charge is 2.30. The minimum absolute atomic E-state index is 0.0301. The highest BCUT2D eigenvalue weighted by Crippen LogP contribution is 2.31. The van der Waals surface area contributed by atoms with E-state index in [2.05, 4.69) is 10.3 Å². The van der Waals surface area contributed by atoms with Crippen molar-refractivity contribution in [3.05, 3.63) is 41.2 Å². The van der Waals surface area contributed by atoms with Gasteiger partial charge in [-0.3, -0.25) is 0 Å². The fourth-order valence-corrected chi connectivity index (χ4v) is 2.40. The molecule has 0 bridgehead atoms. The van der Waals surface area contributed by atoms with Crippen LogP contribution in [0.1, 0.15) is 40.7 Å². The van der Waals surface area contributed by atoms with E-state index in [1.165, 1.54) is 0 Å². The van der Waals surface area contributed by atoms with E-state index in [0.29, 0.717) is 12.3 Å². The molecule has 6 heteroatoms. The van der Waals surface area contributed by atoms with Crippen LogP contribution in [-0.2, 0) is 4.74 Å². The number of aromatic carboxylic acids is 1. The summed E-state index contributed by atoms with van der Waals surface area (Å²) in [6.07, 6.45) is 1.46. The first-order valence-corrected chi connectivity index (χ1v) is 6.54. The molecule has 6 nitrogen and oxygen atoms in total. The van der Waals surface area contributed by atoms with Gasteiger partial charge >= 0.3 is 5.97 Å². The van der Waals surface area contributed by atoms with Crippen molar-refractivity contribution in [3.63, 3.8) is 0 Å². The second-order valence-electron chi connectivity index (χ2n) is 4.88. The number of nitrogens with zero attached hydrogens (tertiary/aromatic N) is 3. The number of carbonyl (C=O) groups is 1. The molecule has 1 saturated heterocycles. The Kier molecular flexibility index (Phi) is 3.23. The minimum Gasteiger partial charge on any atom is -0.476 e. The molecule has 0 aliphatic carbocycles. The Labute approximate surface area is 116 Å². The molecule has 2 aromatic rings. The third-order valence-corrected chi connectivity index (χ3v) is 3.42. The number of ether oxygens (including phenoxy) is 1. The maximum absolute atomic E-state index is 11.3. The summed E-state index contributed by atoms with van der Waals surface area (Å²) in [6.45, 7) is 2.64. The number of rotatable bonds is 3. The number of hydrogen-bond acceptors (Lipinski definition) is 4. The van der Waals surface area contributed by atoms with Crippen molar-refractivity contribution in [1.82, 2.24) is 15.0 Å². The van der Waals surface area contributed by atoms with E-state index in [4.69, 9.17) is 4.74 Å². The molecular formula is C14H15N3O3. The van der Waals surface area contributed by atoms with Gasteiger partial charge in [0.25, 0.3) is 0 Å². The molecule has 0 radical (unpaired) electrons. The van der Waals surface area contributed by atoms with Crippen LogP contribution in [0.5, 0.6) is 0 Å².